The number of quaternary nitrogens is 1. The highest BCUT2D eigenvalue weighted by Gasteiger charge is 2.35. The number of piperazine rings is 1. The number of rotatable bonds is 4. The highest BCUT2D eigenvalue weighted by Crippen LogP contribution is 2.19. The standard InChI is InChI=1S/C17H26ClN3O3S/c1-13(16(22)19-17(2,3)4)20-8-10-21(11-9-20)25(23,24)15-7-5-6-14(18)12-15/h5-7,12-13H,8-11H2,1-4H3,(H,19,22)/p+1/t13-/m0/s1. The van der Waals surface area contributed by atoms with Crippen molar-refractivity contribution in [1.82, 2.24) is 9.62 Å². The lowest BCUT2D eigenvalue weighted by molar-refractivity contribution is -0.917. The van der Waals surface area contributed by atoms with E-state index in [0.717, 1.165) is 4.90 Å². The third kappa shape index (κ3) is 5.17. The number of sulfonamides is 1. The Hall–Kier alpha value is -1.15. The summed E-state index contributed by atoms with van der Waals surface area (Å²) in [6, 6.07) is 6.10. The number of hydrogen-bond donors (Lipinski definition) is 2. The number of hydrogen-bond acceptors (Lipinski definition) is 3. The molecule has 1 aliphatic heterocycles. The van der Waals surface area contributed by atoms with Crippen LogP contribution in [0.3, 0.4) is 0 Å². The number of amides is 1. The van der Waals surface area contributed by atoms with Crippen molar-refractivity contribution in [3.63, 3.8) is 0 Å². The van der Waals surface area contributed by atoms with Crippen molar-refractivity contribution in [2.24, 2.45) is 0 Å². The van der Waals surface area contributed by atoms with Crippen LogP contribution < -0.4 is 10.2 Å². The zero-order valence-corrected chi connectivity index (χ0v) is 16.7. The van der Waals surface area contributed by atoms with Crippen LogP contribution in [-0.2, 0) is 14.8 Å². The van der Waals surface area contributed by atoms with Crippen molar-refractivity contribution in [2.75, 3.05) is 26.2 Å². The molecule has 1 aromatic carbocycles. The maximum absolute atomic E-state index is 12.7. The van der Waals surface area contributed by atoms with Gasteiger partial charge in [0.25, 0.3) is 5.91 Å². The molecule has 1 saturated heterocycles. The van der Waals surface area contributed by atoms with E-state index < -0.39 is 10.0 Å². The molecule has 1 aromatic rings. The van der Waals surface area contributed by atoms with Crippen molar-refractivity contribution < 1.29 is 18.1 Å². The third-order valence-electron chi connectivity index (χ3n) is 4.30. The van der Waals surface area contributed by atoms with Gasteiger partial charge in [0.2, 0.25) is 10.0 Å². The predicted molar refractivity (Wildman–Crippen MR) is 98.3 cm³/mol. The van der Waals surface area contributed by atoms with E-state index in [9.17, 15) is 13.2 Å². The minimum Gasteiger partial charge on any atom is -0.346 e. The minimum absolute atomic E-state index is 0.00588. The van der Waals surface area contributed by atoms with E-state index in [0.29, 0.717) is 31.2 Å². The molecule has 8 heteroatoms. The van der Waals surface area contributed by atoms with Crippen molar-refractivity contribution in [2.45, 2.75) is 44.2 Å². The largest absolute Gasteiger partial charge is 0.346 e. The van der Waals surface area contributed by atoms with E-state index in [1.54, 1.807) is 18.2 Å². The lowest BCUT2D eigenvalue weighted by Crippen LogP contribution is -3.19. The summed E-state index contributed by atoms with van der Waals surface area (Å²) >= 11 is 5.91. The molecule has 1 fully saturated rings. The molecule has 1 aliphatic rings. The molecule has 1 amide bonds. The number of benzene rings is 1. The van der Waals surface area contributed by atoms with E-state index in [4.69, 9.17) is 11.6 Å². The third-order valence-corrected chi connectivity index (χ3v) is 6.43. The fourth-order valence-corrected chi connectivity index (χ4v) is 4.63. The summed E-state index contributed by atoms with van der Waals surface area (Å²) < 4.78 is 26.9. The summed E-state index contributed by atoms with van der Waals surface area (Å²) in [5.41, 5.74) is -0.275. The number of nitrogens with zero attached hydrogens (tertiary/aromatic N) is 1. The predicted octanol–water partition coefficient (Wildman–Crippen LogP) is 0.532. The fourth-order valence-electron chi connectivity index (χ4n) is 2.89. The van der Waals surface area contributed by atoms with Gasteiger partial charge in [0.1, 0.15) is 0 Å². The minimum atomic E-state index is -3.55. The van der Waals surface area contributed by atoms with E-state index in [2.05, 4.69) is 5.32 Å². The summed E-state index contributed by atoms with van der Waals surface area (Å²) in [7, 11) is -3.55. The lowest BCUT2D eigenvalue weighted by Gasteiger charge is -2.35. The molecule has 0 bridgehead atoms. The second-order valence-corrected chi connectivity index (χ2v) is 9.86. The first kappa shape index (κ1) is 20.2. The van der Waals surface area contributed by atoms with E-state index in [1.807, 2.05) is 27.7 Å². The van der Waals surface area contributed by atoms with Crippen LogP contribution in [0.1, 0.15) is 27.7 Å². The van der Waals surface area contributed by atoms with Gasteiger partial charge in [-0.2, -0.15) is 4.31 Å². The van der Waals surface area contributed by atoms with Gasteiger partial charge in [-0.05, 0) is 45.9 Å². The molecule has 2 N–H and O–H groups in total. The van der Waals surface area contributed by atoms with Crippen LogP contribution in [0, 0.1) is 0 Å². The average molecular weight is 389 g/mol. The monoisotopic (exact) mass is 388 g/mol. The number of carbonyl (C=O) groups excluding carboxylic acids is 1. The van der Waals surface area contributed by atoms with Gasteiger partial charge in [0.15, 0.2) is 6.04 Å². The fraction of sp³-hybridized carbons (Fsp3) is 0.588. The molecule has 25 heavy (non-hydrogen) atoms. The molecular formula is C17H27ClN3O3S+. The lowest BCUT2D eigenvalue weighted by atomic mass is 10.1. The number of carbonyl (C=O) groups is 1. The molecule has 0 aliphatic carbocycles. The topological polar surface area (TPSA) is 70.9 Å². The van der Waals surface area contributed by atoms with Crippen molar-refractivity contribution in [3.05, 3.63) is 29.3 Å². The molecule has 0 saturated carbocycles. The van der Waals surface area contributed by atoms with Crippen LogP contribution in [0.5, 0.6) is 0 Å². The van der Waals surface area contributed by atoms with Gasteiger partial charge in [-0.3, -0.25) is 4.79 Å². The molecule has 140 valence electrons. The van der Waals surface area contributed by atoms with Crippen LogP contribution in [0.25, 0.3) is 0 Å². The zero-order chi connectivity index (χ0) is 18.8. The SMILES string of the molecule is C[C@@H](C(=O)NC(C)(C)C)[NH+]1CCN(S(=O)(=O)c2cccc(Cl)c2)CC1. The molecule has 2 rings (SSSR count). The van der Waals surface area contributed by atoms with E-state index in [-0.39, 0.29) is 22.4 Å². The first-order chi connectivity index (χ1) is 11.5. The quantitative estimate of drug-likeness (QED) is 0.790. The Balaban J connectivity index is 2.00. The zero-order valence-electron chi connectivity index (χ0n) is 15.2. The Kier molecular flexibility index (Phi) is 6.14. The van der Waals surface area contributed by atoms with Crippen molar-refractivity contribution in [1.29, 1.82) is 0 Å². The maximum Gasteiger partial charge on any atom is 0.278 e. The molecule has 1 atom stereocenters. The van der Waals surface area contributed by atoms with Gasteiger partial charge < -0.3 is 10.2 Å². The Morgan fingerprint density at radius 3 is 2.40 bits per heavy atom. The van der Waals surface area contributed by atoms with Crippen LogP contribution in [-0.4, -0.2) is 56.4 Å². The van der Waals surface area contributed by atoms with Gasteiger partial charge in [-0.25, -0.2) is 8.42 Å². The molecule has 0 radical (unpaired) electrons. The first-order valence-electron chi connectivity index (χ1n) is 8.43. The Morgan fingerprint density at radius 1 is 1.28 bits per heavy atom. The molecule has 0 spiro atoms. The summed E-state index contributed by atoms with van der Waals surface area (Å²) in [5, 5.41) is 3.38. The van der Waals surface area contributed by atoms with Crippen LogP contribution in [0.15, 0.2) is 29.2 Å². The van der Waals surface area contributed by atoms with Crippen molar-refractivity contribution >= 4 is 27.5 Å². The Labute approximate surface area is 155 Å². The smallest absolute Gasteiger partial charge is 0.278 e. The molecule has 0 aromatic heterocycles. The number of nitrogens with one attached hydrogen (secondary N) is 2. The van der Waals surface area contributed by atoms with E-state index >= 15 is 0 Å². The second-order valence-electron chi connectivity index (χ2n) is 7.48. The summed E-state index contributed by atoms with van der Waals surface area (Å²) in [5.74, 6) is -0.00588. The number of halogens is 1. The van der Waals surface area contributed by atoms with Gasteiger partial charge in [0.05, 0.1) is 31.1 Å². The summed E-state index contributed by atoms with van der Waals surface area (Å²) in [6.07, 6.45) is 0. The van der Waals surface area contributed by atoms with Crippen LogP contribution in [0.4, 0.5) is 0 Å². The second kappa shape index (κ2) is 7.61. The van der Waals surface area contributed by atoms with E-state index in [1.165, 1.54) is 10.4 Å². The Morgan fingerprint density at radius 2 is 1.88 bits per heavy atom. The van der Waals surface area contributed by atoms with Gasteiger partial charge in [-0.15, -0.1) is 0 Å². The molecule has 0 unspecified atom stereocenters. The Bertz CT molecular complexity index is 723. The normalized spacial score (nSPS) is 18.8. The highest BCUT2D eigenvalue weighted by molar-refractivity contribution is 7.89. The molecule has 1 heterocycles. The average Bonchev–Trinajstić information content (AvgIpc) is 2.52. The van der Waals surface area contributed by atoms with Crippen LogP contribution in [0.2, 0.25) is 5.02 Å². The highest BCUT2D eigenvalue weighted by atomic mass is 35.5. The summed E-state index contributed by atoms with van der Waals surface area (Å²) in [6.45, 7) is 9.69. The maximum atomic E-state index is 12.7. The van der Waals surface area contributed by atoms with Crippen molar-refractivity contribution in [3.8, 4) is 0 Å². The molecular weight excluding hydrogens is 362 g/mol. The molecule has 6 nitrogen and oxygen atoms in total. The van der Waals surface area contributed by atoms with Gasteiger partial charge in [-0.1, -0.05) is 17.7 Å². The van der Waals surface area contributed by atoms with Gasteiger partial charge in [0, 0.05) is 10.6 Å². The van der Waals surface area contributed by atoms with Crippen LogP contribution >= 0.6 is 11.6 Å². The van der Waals surface area contributed by atoms with Gasteiger partial charge >= 0.3 is 0 Å². The summed E-state index contributed by atoms with van der Waals surface area (Å²) in [4.78, 5) is 13.6. The first-order valence-corrected chi connectivity index (χ1v) is 10.2.